The summed E-state index contributed by atoms with van der Waals surface area (Å²) in [6, 6.07) is 11.9. The fourth-order valence-electron chi connectivity index (χ4n) is 2.15. The van der Waals surface area contributed by atoms with E-state index in [1.165, 1.54) is 25.2 Å². The Balaban J connectivity index is 2.16. The molecule has 1 amide bonds. The topological polar surface area (TPSA) is 66.5 Å². The molecule has 0 saturated carbocycles. The van der Waals surface area contributed by atoms with Crippen molar-refractivity contribution >= 4 is 21.6 Å². The summed E-state index contributed by atoms with van der Waals surface area (Å²) in [6.45, 7) is 1.79. The van der Waals surface area contributed by atoms with E-state index in [2.05, 4.69) is 5.32 Å². The van der Waals surface area contributed by atoms with Crippen molar-refractivity contribution in [2.75, 3.05) is 17.6 Å². The van der Waals surface area contributed by atoms with Crippen LogP contribution < -0.4 is 9.62 Å². The zero-order valence-electron chi connectivity index (χ0n) is 13.7. The molecule has 0 aliphatic carbocycles. The molecule has 2 aromatic rings. The monoisotopic (exact) mass is 350 g/mol. The van der Waals surface area contributed by atoms with E-state index in [0.717, 1.165) is 16.1 Å². The first kappa shape index (κ1) is 17.9. The molecule has 0 fully saturated rings. The smallest absolute Gasteiger partial charge is 0.251 e. The van der Waals surface area contributed by atoms with Crippen LogP contribution >= 0.6 is 0 Å². The Morgan fingerprint density at radius 1 is 1.17 bits per heavy atom. The molecule has 128 valence electrons. The zero-order valence-corrected chi connectivity index (χ0v) is 14.5. The second-order valence-corrected chi connectivity index (χ2v) is 7.54. The summed E-state index contributed by atoms with van der Waals surface area (Å²) < 4.78 is 37.3. The third kappa shape index (κ3) is 4.32. The third-order valence-electron chi connectivity index (χ3n) is 3.69. The molecule has 5 nitrogen and oxygen atoms in total. The lowest BCUT2D eigenvalue weighted by atomic mass is 10.1. The van der Waals surface area contributed by atoms with Gasteiger partial charge in [-0.25, -0.2) is 12.8 Å². The van der Waals surface area contributed by atoms with Gasteiger partial charge in [0.05, 0.1) is 18.0 Å². The summed E-state index contributed by atoms with van der Waals surface area (Å²) in [4.78, 5) is 12.4. The second kappa shape index (κ2) is 7.00. The van der Waals surface area contributed by atoms with Gasteiger partial charge < -0.3 is 5.32 Å². The van der Waals surface area contributed by atoms with Crippen LogP contribution in [0.4, 0.5) is 10.1 Å². The first-order valence-corrected chi connectivity index (χ1v) is 9.13. The van der Waals surface area contributed by atoms with Gasteiger partial charge in [-0.1, -0.05) is 18.2 Å². The number of nitrogens with zero attached hydrogens (tertiary/aromatic N) is 1. The van der Waals surface area contributed by atoms with Crippen molar-refractivity contribution in [1.82, 2.24) is 5.32 Å². The average molecular weight is 350 g/mol. The van der Waals surface area contributed by atoms with Crippen molar-refractivity contribution in [3.63, 3.8) is 0 Å². The second-order valence-electron chi connectivity index (χ2n) is 5.53. The van der Waals surface area contributed by atoms with E-state index in [-0.39, 0.29) is 17.8 Å². The quantitative estimate of drug-likeness (QED) is 0.902. The first-order valence-electron chi connectivity index (χ1n) is 7.29. The molecule has 7 heteroatoms. The van der Waals surface area contributed by atoms with E-state index in [0.29, 0.717) is 11.3 Å². The average Bonchev–Trinajstić information content (AvgIpc) is 2.54. The van der Waals surface area contributed by atoms with Crippen molar-refractivity contribution < 1.29 is 17.6 Å². The van der Waals surface area contributed by atoms with Gasteiger partial charge in [0.2, 0.25) is 10.0 Å². The SMILES string of the molecule is CC(NC(=O)c1cccc(N(C)S(C)(=O)=O)c1)c1ccc(F)cc1. The van der Waals surface area contributed by atoms with Crippen LogP contribution in [0.25, 0.3) is 0 Å². The molecular formula is C17H19FN2O3S. The van der Waals surface area contributed by atoms with Crippen LogP contribution in [0.3, 0.4) is 0 Å². The van der Waals surface area contributed by atoms with Crippen LogP contribution in [0, 0.1) is 5.82 Å². The third-order valence-corrected chi connectivity index (χ3v) is 4.89. The van der Waals surface area contributed by atoms with Crippen molar-refractivity contribution in [2.24, 2.45) is 0 Å². The number of rotatable bonds is 5. The Kier molecular flexibility index (Phi) is 5.23. The number of benzene rings is 2. The highest BCUT2D eigenvalue weighted by Crippen LogP contribution is 2.19. The number of halogens is 1. The molecule has 0 heterocycles. The van der Waals surface area contributed by atoms with Crippen molar-refractivity contribution in [2.45, 2.75) is 13.0 Å². The van der Waals surface area contributed by atoms with Crippen molar-refractivity contribution in [1.29, 1.82) is 0 Å². The normalized spacial score (nSPS) is 12.5. The largest absolute Gasteiger partial charge is 0.346 e. The van der Waals surface area contributed by atoms with Gasteiger partial charge in [0, 0.05) is 12.6 Å². The molecule has 0 aliphatic rings. The standard InChI is InChI=1S/C17H19FN2O3S/c1-12(13-7-9-15(18)10-8-13)19-17(21)14-5-4-6-16(11-14)20(2)24(3,22)23/h4-12H,1-3H3,(H,19,21). The number of carbonyl (C=O) groups is 1. The van der Waals surface area contributed by atoms with Gasteiger partial charge >= 0.3 is 0 Å². The Hall–Kier alpha value is -2.41. The molecule has 0 bridgehead atoms. The van der Waals surface area contributed by atoms with Crippen LogP contribution in [0.2, 0.25) is 0 Å². The van der Waals surface area contributed by atoms with Gasteiger partial charge in [0.15, 0.2) is 0 Å². The van der Waals surface area contributed by atoms with Gasteiger partial charge in [-0.3, -0.25) is 9.10 Å². The summed E-state index contributed by atoms with van der Waals surface area (Å²) >= 11 is 0. The van der Waals surface area contributed by atoms with E-state index < -0.39 is 10.0 Å². The maximum Gasteiger partial charge on any atom is 0.251 e. The summed E-state index contributed by atoms with van der Waals surface area (Å²) in [5.74, 6) is -0.677. The van der Waals surface area contributed by atoms with Crippen LogP contribution in [-0.4, -0.2) is 27.6 Å². The highest BCUT2D eigenvalue weighted by Gasteiger charge is 2.15. The van der Waals surface area contributed by atoms with E-state index in [1.807, 2.05) is 0 Å². The molecule has 1 N–H and O–H groups in total. The summed E-state index contributed by atoms with van der Waals surface area (Å²) in [5.41, 5.74) is 1.52. The minimum Gasteiger partial charge on any atom is -0.346 e. The lowest BCUT2D eigenvalue weighted by molar-refractivity contribution is 0.0940. The highest BCUT2D eigenvalue weighted by molar-refractivity contribution is 7.92. The minimum atomic E-state index is -3.40. The van der Waals surface area contributed by atoms with Crippen molar-refractivity contribution in [3.05, 3.63) is 65.5 Å². The summed E-state index contributed by atoms with van der Waals surface area (Å²) in [6.07, 6.45) is 1.09. The molecule has 1 atom stereocenters. The fourth-order valence-corrected chi connectivity index (χ4v) is 2.65. The predicted molar refractivity (Wildman–Crippen MR) is 92.0 cm³/mol. The Morgan fingerprint density at radius 2 is 1.79 bits per heavy atom. The maximum absolute atomic E-state index is 13.0. The number of carbonyl (C=O) groups excluding carboxylic acids is 1. The summed E-state index contributed by atoms with van der Waals surface area (Å²) in [5, 5.41) is 2.81. The number of anilines is 1. The van der Waals surface area contributed by atoms with Gasteiger partial charge in [-0.2, -0.15) is 0 Å². The van der Waals surface area contributed by atoms with Crippen molar-refractivity contribution in [3.8, 4) is 0 Å². The Labute approximate surface area is 141 Å². The molecule has 0 radical (unpaired) electrons. The number of nitrogens with one attached hydrogen (secondary N) is 1. The lowest BCUT2D eigenvalue weighted by Gasteiger charge is -2.18. The molecule has 0 spiro atoms. The molecule has 0 aromatic heterocycles. The first-order chi connectivity index (χ1) is 11.2. The number of hydrogen-bond acceptors (Lipinski definition) is 3. The van der Waals surface area contributed by atoms with Gasteiger partial charge in [-0.05, 0) is 42.8 Å². The van der Waals surface area contributed by atoms with Crippen LogP contribution in [0.1, 0.15) is 28.9 Å². The zero-order chi connectivity index (χ0) is 17.9. The molecule has 0 saturated heterocycles. The number of sulfonamides is 1. The molecule has 2 rings (SSSR count). The Morgan fingerprint density at radius 3 is 2.38 bits per heavy atom. The van der Waals surface area contributed by atoms with Crippen LogP contribution in [0.15, 0.2) is 48.5 Å². The highest BCUT2D eigenvalue weighted by atomic mass is 32.2. The molecule has 1 unspecified atom stereocenters. The maximum atomic E-state index is 13.0. The Bertz CT molecular complexity index is 835. The van der Waals surface area contributed by atoms with E-state index in [1.54, 1.807) is 37.3 Å². The van der Waals surface area contributed by atoms with E-state index in [9.17, 15) is 17.6 Å². The molecule has 2 aromatic carbocycles. The van der Waals surface area contributed by atoms with Gasteiger partial charge in [0.1, 0.15) is 5.82 Å². The van der Waals surface area contributed by atoms with Crippen LogP contribution in [0.5, 0.6) is 0 Å². The lowest BCUT2D eigenvalue weighted by Crippen LogP contribution is -2.28. The number of amides is 1. The fraction of sp³-hybridized carbons (Fsp3) is 0.235. The minimum absolute atomic E-state index is 0.311. The molecule has 24 heavy (non-hydrogen) atoms. The molecule has 0 aliphatic heterocycles. The summed E-state index contributed by atoms with van der Waals surface area (Å²) in [7, 11) is -1.98. The number of hydrogen-bond donors (Lipinski definition) is 1. The molecular weight excluding hydrogens is 331 g/mol. The van der Waals surface area contributed by atoms with E-state index in [4.69, 9.17) is 0 Å². The van der Waals surface area contributed by atoms with Gasteiger partial charge in [0.25, 0.3) is 5.91 Å². The van der Waals surface area contributed by atoms with Gasteiger partial charge in [-0.15, -0.1) is 0 Å². The van der Waals surface area contributed by atoms with Crippen LogP contribution in [-0.2, 0) is 10.0 Å². The predicted octanol–water partition coefficient (Wildman–Crippen LogP) is 2.71. The van der Waals surface area contributed by atoms with E-state index >= 15 is 0 Å².